The van der Waals surface area contributed by atoms with E-state index >= 15 is 0 Å². The molecule has 5 rings (SSSR count). The molecule has 0 spiro atoms. The van der Waals surface area contributed by atoms with Crippen LogP contribution in [-0.4, -0.2) is 46.2 Å². The molecular weight excluding hydrogens is 765 g/mol. The van der Waals surface area contributed by atoms with Gasteiger partial charge in [-0.25, -0.2) is 26.4 Å². The minimum Gasteiger partial charge on any atom is -0.460 e. The molecule has 2 bridgehead atoms. The van der Waals surface area contributed by atoms with Crippen LogP contribution in [0.3, 0.4) is 0 Å². The van der Waals surface area contributed by atoms with Gasteiger partial charge in [0.2, 0.25) is 0 Å². The van der Waals surface area contributed by atoms with E-state index in [4.69, 9.17) is 14.2 Å². The smallest absolute Gasteiger partial charge is 0.343 e. The third kappa shape index (κ3) is 12.6. The van der Waals surface area contributed by atoms with Gasteiger partial charge in [0.15, 0.2) is 19.7 Å². The molecule has 10 nitrogen and oxygen atoms in total. The molecule has 12 heteroatoms. The fourth-order valence-corrected chi connectivity index (χ4v) is 10.2. The summed E-state index contributed by atoms with van der Waals surface area (Å²) in [6.07, 6.45) is 17.4. The second-order valence-corrected chi connectivity index (χ2v) is 19.5. The Morgan fingerprint density at radius 2 is 1.11 bits per heavy atom. The van der Waals surface area contributed by atoms with Crippen molar-refractivity contribution in [2.45, 2.75) is 120 Å². The molecule has 1 saturated carbocycles. The van der Waals surface area contributed by atoms with Crippen LogP contribution in [0.15, 0.2) is 88.7 Å². The normalized spacial score (nSPS) is 17.4. The highest BCUT2D eigenvalue weighted by Gasteiger charge is 2.40. The minimum atomic E-state index is -3.51. The van der Waals surface area contributed by atoms with E-state index in [-0.39, 0.29) is 73.9 Å². The van der Waals surface area contributed by atoms with Crippen LogP contribution in [0.1, 0.15) is 130 Å². The maximum Gasteiger partial charge on any atom is 0.343 e. The Hall–Kier alpha value is -4.29. The molecule has 57 heavy (non-hydrogen) atoms. The Morgan fingerprint density at radius 1 is 0.596 bits per heavy atom. The number of carbonyl (C=O) groups is 3. The number of rotatable bonds is 23. The second-order valence-electron chi connectivity index (χ2n) is 15.3. The maximum absolute atomic E-state index is 13.3. The number of hydrogen-bond acceptors (Lipinski definition) is 10. The summed E-state index contributed by atoms with van der Waals surface area (Å²) < 4.78 is 68.6. The Kier molecular flexibility index (Phi) is 16.1. The number of benzene rings is 3. The van der Waals surface area contributed by atoms with Crippen molar-refractivity contribution in [1.29, 1.82) is 0 Å². The van der Waals surface area contributed by atoms with Crippen LogP contribution >= 0.6 is 0 Å². The van der Waals surface area contributed by atoms with Crippen molar-refractivity contribution >= 4 is 37.6 Å². The summed E-state index contributed by atoms with van der Waals surface area (Å²) in [6.45, 7) is 4.00. The summed E-state index contributed by atoms with van der Waals surface area (Å²) in [5, 5.41) is 0. The SMILES string of the molecule is CCCCCCCCS(=O)(=O)c1ccc(C(=O)Oc2ccc(OC(=O)c3ccc(S(=O)(=O)CCCCCCCC)cc3)c(COC(=O)C3CC4C=CC3C4)c2)cc1. The number of ether oxygens (including phenoxy) is 3. The Morgan fingerprint density at radius 3 is 1.60 bits per heavy atom. The van der Waals surface area contributed by atoms with Crippen LogP contribution in [0.2, 0.25) is 0 Å². The van der Waals surface area contributed by atoms with Crippen molar-refractivity contribution in [3.63, 3.8) is 0 Å². The maximum atomic E-state index is 13.3. The summed E-state index contributed by atoms with van der Waals surface area (Å²) in [7, 11) is -7.01. The lowest BCUT2D eigenvalue weighted by molar-refractivity contribution is -0.150. The van der Waals surface area contributed by atoms with Crippen LogP contribution in [0.5, 0.6) is 11.5 Å². The van der Waals surface area contributed by atoms with E-state index in [1.54, 1.807) is 0 Å². The Labute approximate surface area is 338 Å². The van der Waals surface area contributed by atoms with Crippen molar-refractivity contribution in [3.05, 3.63) is 95.6 Å². The third-order valence-corrected chi connectivity index (χ3v) is 14.5. The van der Waals surface area contributed by atoms with Crippen molar-refractivity contribution in [1.82, 2.24) is 0 Å². The van der Waals surface area contributed by atoms with Gasteiger partial charge in [-0.3, -0.25) is 4.79 Å². The number of hydrogen-bond donors (Lipinski definition) is 0. The summed E-state index contributed by atoms with van der Waals surface area (Å²) in [5.74, 6) is -1.39. The summed E-state index contributed by atoms with van der Waals surface area (Å²) in [6, 6.07) is 15.5. The molecule has 0 radical (unpaired) electrons. The van der Waals surface area contributed by atoms with Gasteiger partial charge in [-0.1, -0.05) is 90.2 Å². The molecule has 0 aliphatic heterocycles. The topological polar surface area (TPSA) is 147 Å². The highest BCUT2D eigenvalue weighted by Crippen LogP contribution is 2.44. The summed E-state index contributed by atoms with van der Waals surface area (Å²) >= 11 is 0. The Balaban J connectivity index is 1.24. The quantitative estimate of drug-likeness (QED) is 0.0392. The van der Waals surface area contributed by atoms with E-state index in [0.29, 0.717) is 25.2 Å². The molecule has 1 fully saturated rings. The van der Waals surface area contributed by atoms with Crippen LogP contribution in [0, 0.1) is 17.8 Å². The first-order valence-electron chi connectivity index (χ1n) is 20.5. The number of carbonyl (C=O) groups excluding carboxylic acids is 3. The molecule has 3 aromatic rings. The predicted molar refractivity (Wildman–Crippen MR) is 219 cm³/mol. The zero-order valence-electron chi connectivity index (χ0n) is 33.2. The Bertz CT molecular complexity index is 2070. The van der Waals surface area contributed by atoms with Crippen LogP contribution in [0.4, 0.5) is 0 Å². The number of esters is 3. The van der Waals surface area contributed by atoms with Gasteiger partial charge in [0.25, 0.3) is 0 Å². The molecule has 0 amide bonds. The molecule has 308 valence electrons. The third-order valence-electron chi connectivity index (χ3n) is 10.8. The fraction of sp³-hybridized carbons (Fsp3) is 0.489. The largest absolute Gasteiger partial charge is 0.460 e. The van der Waals surface area contributed by atoms with E-state index in [2.05, 4.69) is 26.0 Å². The predicted octanol–water partition coefficient (Wildman–Crippen LogP) is 9.65. The average Bonchev–Trinajstić information content (AvgIpc) is 3.85. The molecule has 2 aliphatic rings. The summed E-state index contributed by atoms with van der Waals surface area (Å²) in [4.78, 5) is 39.8. The van der Waals surface area contributed by atoms with E-state index in [1.807, 2.05) is 0 Å². The first-order chi connectivity index (χ1) is 27.4. The highest BCUT2D eigenvalue weighted by molar-refractivity contribution is 7.91. The van der Waals surface area contributed by atoms with Gasteiger partial charge in [0.05, 0.1) is 38.3 Å². The molecule has 2 aliphatic carbocycles. The van der Waals surface area contributed by atoms with Crippen LogP contribution in [0.25, 0.3) is 0 Å². The van der Waals surface area contributed by atoms with Crippen molar-refractivity contribution in [2.75, 3.05) is 11.5 Å². The van der Waals surface area contributed by atoms with Gasteiger partial charge in [0.1, 0.15) is 18.1 Å². The van der Waals surface area contributed by atoms with E-state index in [9.17, 15) is 31.2 Å². The lowest BCUT2D eigenvalue weighted by atomic mass is 9.94. The first kappa shape index (κ1) is 43.8. The number of fused-ring (bicyclic) bond motifs is 2. The lowest BCUT2D eigenvalue weighted by Crippen LogP contribution is -2.21. The molecule has 3 aromatic carbocycles. The van der Waals surface area contributed by atoms with Crippen LogP contribution < -0.4 is 9.47 Å². The first-order valence-corrected chi connectivity index (χ1v) is 23.8. The van der Waals surface area contributed by atoms with E-state index in [0.717, 1.165) is 70.6 Å². The zero-order valence-corrected chi connectivity index (χ0v) is 34.8. The number of unbranched alkanes of at least 4 members (excludes halogenated alkanes) is 10. The molecule has 0 aromatic heterocycles. The molecule has 0 N–H and O–H groups in total. The van der Waals surface area contributed by atoms with Gasteiger partial charge in [0, 0.05) is 5.56 Å². The van der Waals surface area contributed by atoms with E-state index in [1.165, 1.54) is 66.7 Å². The zero-order chi connectivity index (χ0) is 40.8. The van der Waals surface area contributed by atoms with Gasteiger partial charge in [-0.2, -0.15) is 0 Å². The van der Waals surface area contributed by atoms with Crippen molar-refractivity contribution in [2.24, 2.45) is 17.8 Å². The fourth-order valence-electron chi connectivity index (χ4n) is 7.44. The standard InChI is InChI=1S/C45H56O10S2/c1-3-5-7-9-11-13-27-56(49,50)39-22-17-34(18-23-39)43(46)54-38-21-26-42(37(31-38)32-53-45(48)41-30-33-15-16-36(41)29-33)55-44(47)35-19-24-40(25-20-35)57(51,52)28-14-12-10-8-6-4-2/h15-26,31,33,36,41H,3-14,27-30,32H2,1-2H3. The highest BCUT2D eigenvalue weighted by atomic mass is 32.2. The second kappa shape index (κ2) is 20.9. The van der Waals surface area contributed by atoms with Gasteiger partial charge in [-0.15, -0.1) is 0 Å². The molecule has 3 unspecified atom stereocenters. The molecule has 0 heterocycles. The summed E-state index contributed by atoms with van der Waals surface area (Å²) in [5.41, 5.74) is 0.534. The average molecular weight is 821 g/mol. The van der Waals surface area contributed by atoms with Crippen molar-refractivity contribution in [3.8, 4) is 11.5 Å². The van der Waals surface area contributed by atoms with Gasteiger partial charge in [-0.05, 0) is 104 Å². The molecule has 0 saturated heterocycles. The van der Waals surface area contributed by atoms with E-state index < -0.39 is 31.6 Å². The van der Waals surface area contributed by atoms with Gasteiger partial charge >= 0.3 is 17.9 Å². The monoisotopic (exact) mass is 820 g/mol. The van der Waals surface area contributed by atoms with Crippen LogP contribution in [-0.2, 0) is 35.8 Å². The van der Waals surface area contributed by atoms with Gasteiger partial charge < -0.3 is 14.2 Å². The molecule has 3 atom stereocenters. The number of allylic oxidation sites excluding steroid dienone is 2. The van der Waals surface area contributed by atoms with Crippen molar-refractivity contribution < 1.29 is 45.4 Å². The molecular formula is C45H56O10S2. The minimum absolute atomic E-state index is 0.0347. The lowest BCUT2D eigenvalue weighted by Gasteiger charge is -2.18. The number of sulfone groups is 2.